The van der Waals surface area contributed by atoms with E-state index in [9.17, 15) is 0 Å². The molecule has 0 unspecified atom stereocenters. The average molecular weight is 339 g/mol. The first-order chi connectivity index (χ1) is 12.3. The molecule has 0 atom stereocenters. The molecule has 1 aliphatic heterocycles. The molecule has 1 aliphatic rings. The molecule has 2 aromatic rings. The standard InChI is InChI=1S/C22H29NO2/c1-24-21-12-5-6-13-22(21)25-20-14-17-23(18-15-20)16-8-7-11-19-9-3-2-4-10-19/h2-6,9-10,12-13,20H,7-8,11,14-18H2,1H3. The van der Waals surface area contributed by atoms with Crippen molar-refractivity contribution in [2.75, 3.05) is 26.7 Å². The highest BCUT2D eigenvalue weighted by atomic mass is 16.5. The molecule has 0 saturated carbocycles. The van der Waals surface area contributed by atoms with Gasteiger partial charge in [0.1, 0.15) is 6.10 Å². The van der Waals surface area contributed by atoms with Gasteiger partial charge in [-0.3, -0.25) is 0 Å². The fourth-order valence-corrected chi connectivity index (χ4v) is 3.46. The molecule has 0 aromatic heterocycles. The van der Waals surface area contributed by atoms with Gasteiger partial charge in [0.15, 0.2) is 11.5 Å². The summed E-state index contributed by atoms with van der Waals surface area (Å²) in [4.78, 5) is 2.58. The largest absolute Gasteiger partial charge is 0.493 e. The van der Waals surface area contributed by atoms with Crippen LogP contribution < -0.4 is 9.47 Å². The van der Waals surface area contributed by atoms with Gasteiger partial charge in [-0.05, 0) is 56.3 Å². The third-order valence-corrected chi connectivity index (χ3v) is 4.93. The highest BCUT2D eigenvalue weighted by molar-refractivity contribution is 5.39. The number of nitrogens with zero attached hydrogens (tertiary/aromatic N) is 1. The van der Waals surface area contributed by atoms with Crippen LogP contribution in [-0.2, 0) is 6.42 Å². The van der Waals surface area contributed by atoms with Gasteiger partial charge in [0.05, 0.1) is 7.11 Å². The third-order valence-electron chi connectivity index (χ3n) is 4.93. The summed E-state index contributed by atoms with van der Waals surface area (Å²) >= 11 is 0. The number of methoxy groups -OCH3 is 1. The minimum Gasteiger partial charge on any atom is -0.493 e. The molecule has 0 spiro atoms. The number of piperidine rings is 1. The van der Waals surface area contributed by atoms with Gasteiger partial charge in [-0.1, -0.05) is 42.5 Å². The molecule has 134 valence electrons. The van der Waals surface area contributed by atoms with Crippen molar-refractivity contribution in [3.63, 3.8) is 0 Å². The zero-order valence-electron chi connectivity index (χ0n) is 15.2. The maximum Gasteiger partial charge on any atom is 0.161 e. The van der Waals surface area contributed by atoms with Crippen molar-refractivity contribution in [3.8, 4) is 11.5 Å². The minimum absolute atomic E-state index is 0.303. The van der Waals surface area contributed by atoms with Crippen LogP contribution in [0.5, 0.6) is 11.5 Å². The van der Waals surface area contributed by atoms with E-state index in [1.165, 1.54) is 31.4 Å². The fourth-order valence-electron chi connectivity index (χ4n) is 3.46. The van der Waals surface area contributed by atoms with Crippen molar-refractivity contribution in [2.24, 2.45) is 0 Å². The summed E-state index contributed by atoms with van der Waals surface area (Å²) in [5.41, 5.74) is 1.45. The van der Waals surface area contributed by atoms with Gasteiger partial charge in [0.25, 0.3) is 0 Å². The van der Waals surface area contributed by atoms with Gasteiger partial charge in [-0.2, -0.15) is 0 Å². The number of hydrogen-bond acceptors (Lipinski definition) is 3. The maximum absolute atomic E-state index is 6.16. The smallest absolute Gasteiger partial charge is 0.161 e. The van der Waals surface area contributed by atoms with Crippen LogP contribution in [0.15, 0.2) is 54.6 Å². The van der Waals surface area contributed by atoms with E-state index in [4.69, 9.17) is 9.47 Å². The summed E-state index contributed by atoms with van der Waals surface area (Å²) in [6.07, 6.45) is 6.22. The molecular weight excluding hydrogens is 310 g/mol. The quantitative estimate of drug-likeness (QED) is 0.658. The molecule has 3 heteroatoms. The molecule has 1 saturated heterocycles. The summed E-state index contributed by atoms with van der Waals surface area (Å²) < 4.78 is 11.5. The molecule has 0 radical (unpaired) electrons. The van der Waals surface area contributed by atoms with E-state index in [2.05, 4.69) is 35.2 Å². The molecule has 3 rings (SSSR count). The van der Waals surface area contributed by atoms with Crippen LogP contribution in [0.25, 0.3) is 0 Å². The highest BCUT2D eigenvalue weighted by Gasteiger charge is 2.21. The van der Waals surface area contributed by atoms with E-state index < -0.39 is 0 Å². The SMILES string of the molecule is COc1ccccc1OC1CCN(CCCCc2ccccc2)CC1. The summed E-state index contributed by atoms with van der Waals surface area (Å²) in [5.74, 6) is 1.69. The second kappa shape index (κ2) is 9.47. The lowest BCUT2D eigenvalue weighted by Gasteiger charge is -2.32. The molecule has 1 heterocycles. The van der Waals surface area contributed by atoms with Crippen LogP contribution in [0.1, 0.15) is 31.2 Å². The molecule has 1 fully saturated rings. The molecule has 0 aliphatic carbocycles. The van der Waals surface area contributed by atoms with E-state index in [0.717, 1.165) is 37.4 Å². The molecule has 25 heavy (non-hydrogen) atoms. The van der Waals surface area contributed by atoms with Crippen LogP contribution in [-0.4, -0.2) is 37.7 Å². The maximum atomic E-state index is 6.16. The average Bonchev–Trinajstić information content (AvgIpc) is 2.68. The molecule has 0 bridgehead atoms. The van der Waals surface area contributed by atoms with Crippen LogP contribution in [0.4, 0.5) is 0 Å². The van der Waals surface area contributed by atoms with Gasteiger partial charge < -0.3 is 14.4 Å². The molecule has 0 amide bonds. The monoisotopic (exact) mass is 339 g/mol. The van der Waals surface area contributed by atoms with Crippen LogP contribution in [0.2, 0.25) is 0 Å². The number of hydrogen-bond donors (Lipinski definition) is 0. The molecular formula is C22H29NO2. The Morgan fingerprint density at radius 3 is 2.28 bits per heavy atom. The number of aryl methyl sites for hydroxylation is 1. The summed E-state index contributed by atoms with van der Waals surface area (Å²) in [7, 11) is 1.69. The Kier molecular flexibility index (Phi) is 6.75. The van der Waals surface area contributed by atoms with Crippen LogP contribution in [0, 0.1) is 0 Å². The van der Waals surface area contributed by atoms with Crippen LogP contribution >= 0.6 is 0 Å². The number of benzene rings is 2. The molecule has 3 nitrogen and oxygen atoms in total. The summed E-state index contributed by atoms with van der Waals surface area (Å²) in [6.45, 7) is 3.46. The van der Waals surface area contributed by atoms with Crippen molar-refractivity contribution >= 4 is 0 Å². The Labute approximate surface area is 151 Å². The number of likely N-dealkylation sites (tertiary alicyclic amines) is 1. The van der Waals surface area contributed by atoms with Crippen molar-refractivity contribution < 1.29 is 9.47 Å². The zero-order chi connectivity index (χ0) is 17.3. The first kappa shape index (κ1) is 17.8. The lowest BCUT2D eigenvalue weighted by Crippen LogP contribution is -2.38. The Morgan fingerprint density at radius 2 is 1.56 bits per heavy atom. The van der Waals surface area contributed by atoms with E-state index >= 15 is 0 Å². The fraction of sp³-hybridized carbons (Fsp3) is 0.455. The predicted molar refractivity (Wildman–Crippen MR) is 102 cm³/mol. The van der Waals surface area contributed by atoms with Crippen molar-refractivity contribution in [1.82, 2.24) is 4.90 Å². The normalized spacial score (nSPS) is 15.9. The van der Waals surface area contributed by atoms with E-state index in [0.29, 0.717) is 6.10 Å². The zero-order valence-corrected chi connectivity index (χ0v) is 15.2. The highest BCUT2D eigenvalue weighted by Crippen LogP contribution is 2.28. The lowest BCUT2D eigenvalue weighted by molar-refractivity contribution is 0.0971. The number of para-hydroxylation sites is 2. The Balaban J connectivity index is 1.34. The van der Waals surface area contributed by atoms with Gasteiger partial charge in [0, 0.05) is 13.1 Å². The minimum atomic E-state index is 0.303. The van der Waals surface area contributed by atoms with Crippen LogP contribution in [0.3, 0.4) is 0 Å². The van der Waals surface area contributed by atoms with Gasteiger partial charge >= 0.3 is 0 Å². The van der Waals surface area contributed by atoms with Gasteiger partial charge in [-0.15, -0.1) is 0 Å². The number of ether oxygens (including phenoxy) is 2. The first-order valence-corrected chi connectivity index (χ1v) is 9.41. The summed E-state index contributed by atoms with van der Waals surface area (Å²) in [5, 5.41) is 0. The van der Waals surface area contributed by atoms with Crippen molar-refractivity contribution in [3.05, 3.63) is 60.2 Å². The Morgan fingerprint density at radius 1 is 0.880 bits per heavy atom. The second-order valence-corrected chi connectivity index (χ2v) is 6.75. The number of rotatable bonds is 8. The topological polar surface area (TPSA) is 21.7 Å². The van der Waals surface area contributed by atoms with Crippen molar-refractivity contribution in [2.45, 2.75) is 38.2 Å². The lowest BCUT2D eigenvalue weighted by atomic mass is 10.1. The van der Waals surface area contributed by atoms with E-state index in [1.54, 1.807) is 7.11 Å². The van der Waals surface area contributed by atoms with Gasteiger partial charge in [-0.25, -0.2) is 0 Å². The van der Waals surface area contributed by atoms with Crippen molar-refractivity contribution in [1.29, 1.82) is 0 Å². The molecule has 0 N–H and O–H groups in total. The third kappa shape index (κ3) is 5.50. The second-order valence-electron chi connectivity index (χ2n) is 6.75. The van der Waals surface area contributed by atoms with E-state index in [1.807, 2.05) is 24.3 Å². The first-order valence-electron chi connectivity index (χ1n) is 9.41. The van der Waals surface area contributed by atoms with Gasteiger partial charge in [0.2, 0.25) is 0 Å². The van der Waals surface area contributed by atoms with E-state index in [-0.39, 0.29) is 0 Å². The Hall–Kier alpha value is -2.00. The summed E-state index contributed by atoms with van der Waals surface area (Å²) in [6, 6.07) is 18.7. The molecule has 2 aromatic carbocycles. The number of unbranched alkanes of at least 4 members (excludes halogenated alkanes) is 1. The Bertz CT molecular complexity index is 621. The predicted octanol–water partition coefficient (Wildman–Crippen LogP) is 4.56.